The SMILES string of the molecule is O=CCCc1ccc(Cl)c(O)c1O. The van der Waals surface area contributed by atoms with Crippen molar-refractivity contribution in [3.05, 3.63) is 22.7 Å². The minimum absolute atomic E-state index is 0.104. The molecular weight excluding hydrogens is 192 g/mol. The van der Waals surface area contributed by atoms with Gasteiger partial charge in [0.2, 0.25) is 0 Å². The van der Waals surface area contributed by atoms with E-state index in [0.717, 1.165) is 6.29 Å². The Morgan fingerprint density at radius 1 is 1.31 bits per heavy atom. The van der Waals surface area contributed by atoms with Gasteiger partial charge < -0.3 is 15.0 Å². The van der Waals surface area contributed by atoms with Crippen molar-refractivity contribution in [2.45, 2.75) is 12.8 Å². The van der Waals surface area contributed by atoms with Gasteiger partial charge in [-0.25, -0.2) is 0 Å². The van der Waals surface area contributed by atoms with Crippen LogP contribution in [-0.2, 0) is 11.2 Å². The summed E-state index contributed by atoms with van der Waals surface area (Å²) in [5.74, 6) is -0.570. The quantitative estimate of drug-likeness (QED) is 0.579. The van der Waals surface area contributed by atoms with Crippen LogP contribution in [0.2, 0.25) is 5.02 Å². The van der Waals surface area contributed by atoms with Crippen molar-refractivity contribution in [2.75, 3.05) is 0 Å². The summed E-state index contributed by atoms with van der Waals surface area (Å²) < 4.78 is 0. The third kappa shape index (κ3) is 2.12. The predicted molar refractivity (Wildman–Crippen MR) is 49.2 cm³/mol. The van der Waals surface area contributed by atoms with E-state index in [1.807, 2.05) is 0 Å². The first-order valence-corrected chi connectivity index (χ1v) is 4.17. The van der Waals surface area contributed by atoms with Crippen LogP contribution < -0.4 is 0 Å². The molecule has 0 aromatic heterocycles. The van der Waals surface area contributed by atoms with Crippen LogP contribution in [-0.4, -0.2) is 16.5 Å². The molecule has 0 saturated carbocycles. The van der Waals surface area contributed by atoms with E-state index >= 15 is 0 Å². The molecule has 13 heavy (non-hydrogen) atoms. The molecule has 1 aromatic rings. The lowest BCUT2D eigenvalue weighted by Gasteiger charge is -2.05. The number of hydrogen-bond acceptors (Lipinski definition) is 3. The van der Waals surface area contributed by atoms with Crippen molar-refractivity contribution in [1.29, 1.82) is 0 Å². The molecule has 1 rings (SSSR count). The zero-order chi connectivity index (χ0) is 9.84. The van der Waals surface area contributed by atoms with Gasteiger partial charge in [0.15, 0.2) is 11.5 Å². The number of carbonyl (C=O) groups is 1. The zero-order valence-corrected chi connectivity index (χ0v) is 7.58. The average molecular weight is 201 g/mol. The van der Waals surface area contributed by atoms with Gasteiger partial charge in [-0.2, -0.15) is 0 Å². The minimum atomic E-state index is -0.329. The first-order valence-electron chi connectivity index (χ1n) is 3.79. The molecule has 0 unspecified atom stereocenters. The van der Waals surface area contributed by atoms with Crippen LogP contribution in [0.3, 0.4) is 0 Å². The van der Waals surface area contributed by atoms with Crippen molar-refractivity contribution in [3.8, 4) is 11.5 Å². The summed E-state index contributed by atoms with van der Waals surface area (Å²) in [6, 6.07) is 3.07. The number of halogens is 1. The minimum Gasteiger partial charge on any atom is -0.504 e. The second-order valence-electron chi connectivity index (χ2n) is 2.61. The summed E-state index contributed by atoms with van der Waals surface area (Å²) in [4.78, 5) is 10.1. The van der Waals surface area contributed by atoms with Gasteiger partial charge in [-0.1, -0.05) is 17.7 Å². The second kappa shape index (κ2) is 4.14. The molecule has 0 aliphatic carbocycles. The first kappa shape index (κ1) is 9.86. The monoisotopic (exact) mass is 200 g/mol. The van der Waals surface area contributed by atoms with E-state index in [0.29, 0.717) is 18.4 Å². The molecule has 70 valence electrons. The second-order valence-corrected chi connectivity index (χ2v) is 3.02. The first-order chi connectivity index (χ1) is 6.16. The van der Waals surface area contributed by atoms with Gasteiger partial charge in [-0.05, 0) is 18.1 Å². The summed E-state index contributed by atoms with van der Waals surface area (Å²) in [7, 11) is 0. The lowest BCUT2D eigenvalue weighted by atomic mass is 10.1. The van der Waals surface area contributed by atoms with E-state index in [2.05, 4.69) is 0 Å². The third-order valence-corrected chi connectivity index (χ3v) is 2.02. The molecule has 2 N–H and O–H groups in total. The van der Waals surface area contributed by atoms with Gasteiger partial charge in [0.05, 0.1) is 5.02 Å². The van der Waals surface area contributed by atoms with Crippen LogP contribution in [0.15, 0.2) is 12.1 Å². The molecule has 4 heteroatoms. The van der Waals surface area contributed by atoms with Crippen molar-refractivity contribution in [2.24, 2.45) is 0 Å². The Bertz CT molecular complexity index is 323. The fourth-order valence-electron chi connectivity index (χ4n) is 1.01. The molecule has 0 fully saturated rings. The molecule has 0 aliphatic rings. The van der Waals surface area contributed by atoms with Crippen LogP contribution in [0.5, 0.6) is 11.5 Å². The average Bonchev–Trinajstić information content (AvgIpc) is 2.13. The third-order valence-electron chi connectivity index (χ3n) is 1.72. The number of phenols is 2. The van der Waals surface area contributed by atoms with Crippen molar-refractivity contribution < 1.29 is 15.0 Å². The highest BCUT2D eigenvalue weighted by molar-refractivity contribution is 6.32. The van der Waals surface area contributed by atoms with E-state index in [9.17, 15) is 15.0 Å². The Kier molecular flexibility index (Phi) is 3.14. The Morgan fingerprint density at radius 3 is 2.62 bits per heavy atom. The molecule has 0 atom stereocenters. The Hall–Kier alpha value is -1.22. The molecule has 1 aromatic carbocycles. The van der Waals surface area contributed by atoms with Crippen LogP contribution in [0.25, 0.3) is 0 Å². The normalized spacial score (nSPS) is 9.92. The molecule has 0 radical (unpaired) electrons. The fourth-order valence-corrected chi connectivity index (χ4v) is 1.17. The highest BCUT2D eigenvalue weighted by Crippen LogP contribution is 2.35. The van der Waals surface area contributed by atoms with Crippen LogP contribution >= 0.6 is 11.6 Å². The van der Waals surface area contributed by atoms with Crippen LogP contribution in [0, 0.1) is 0 Å². The summed E-state index contributed by atoms with van der Waals surface area (Å²) in [6.45, 7) is 0. The number of aryl methyl sites for hydroxylation is 1. The highest BCUT2D eigenvalue weighted by Gasteiger charge is 2.09. The zero-order valence-electron chi connectivity index (χ0n) is 6.83. The van der Waals surface area contributed by atoms with E-state index < -0.39 is 0 Å². The number of rotatable bonds is 3. The highest BCUT2D eigenvalue weighted by atomic mass is 35.5. The lowest BCUT2D eigenvalue weighted by molar-refractivity contribution is -0.107. The topological polar surface area (TPSA) is 57.5 Å². The Morgan fingerprint density at radius 2 is 2.00 bits per heavy atom. The maximum atomic E-state index is 10.1. The largest absolute Gasteiger partial charge is 0.504 e. The van der Waals surface area contributed by atoms with Gasteiger partial charge in [0.1, 0.15) is 6.29 Å². The summed E-state index contributed by atoms with van der Waals surface area (Å²) in [5.41, 5.74) is 0.522. The van der Waals surface area contributed by atoms with Gasteiger partial charge in [-0.3, -0.25) is 0 Å². The summed E-state index contributed by atoms with van der Waals surface area (Å²) in [6.07, 6.45) is 1.47. The Balaban J connectivity index is 2.96. The maximum Gasteiger partial charge on any atom is 0.176 e. The molecule has 0 spiro atoms. The molecule has 0 heterocycles. The number of aldehydes is 1. The van der Waals surface area contributed by atoms with Crippen molar-refractivity contribution >= 4 is 17.9 Å². The fraction of sp³-hybridized carbons (Fsp3) is 0.222. The standard InChI is InChI=1S/C9H9ClO3/c10-7-4-3-6(2-1-5-11)8(12)9(7)13/h3-5,12-13H,1-2H2. The van der Waals surface area contributed by atoms with Gasteiger partial charge in [0, 0.05) is 6.42 Å². The number of phenolic OH excluding ortho intramolecular Hbond substituents is 2. The molecular formula is C9H9ClO3. The van der Waals surface area contributed by atoms with E-state index in [1.165, 1.54) is 6.07 Å². The van der Waals surface area contributed by atoms with Gasteiger partial charge >= 0.3 is 0 Å². The predicted octanol–water partition coefficient (Wildman–Crippen LogP) is 1.88. The van der Waals surface area contributed by atoms with Crippen LogP contribution in [0.1, 0.15) is 12.0 Å². The van der Waals surface area contributed by atoms with Crippen molar-refractivity contribution in [1.82, 2.24) is 0 Å². The van der Waals surface area contributed by atoms with Crippen LogP contribution in [0.4, 0.5) is 0 Å². The molecule has 0 amide bonds. The maximum absolute atomic E-state index is 10.1. The summed E-state index contributed by atoms with van der Waals surface area (Å²) in [5, 5.41) is 18.7. The molecule has 0 aliphatic heterocycles. The smallest absolute Gasteiger partial charge is 0.176 e. The summed E-state index contributed by atoms with van der Waals surface area (Å²) >= 11 is 5.54. The molecule has 3 nitrogen and oxygen atoms in total. The van der Waals surface area contributed by atoms with Crippen molar-refractivity contribution in [3.63, 3.8) is 0 Å². The number of carbonyl (C=O) groups excluding carboxylic acids is 1. The number of benzene rings is 1. The number of hydrogen-bond donors (Lipinski definition) is 2. The Labute approximate surface area is 80.6 Å². The van der Waals surface area contributed by atoms with Gasteiger partial charge in [-0.15, -0.1) is 0 Å². The molecule has 0 bridgehead atoms. The van der Waals surface area contributed by atoms with E-state index in [-0.39, 0.29) is 16.5 Å². The molecule has 0 saturated heterocycles. The van der Waals surface area contributed by atoms with E-state index in [1.54, 1.807) is 6.07 Å². The number of aromatic hydroxyl groups is 2. The van der Waals surface area contributed by atoms with E-state index in [4.69, 9.17) is 11.6 Å². The van der Waals surface area contributed by atoms with Gasteiger partial charge in [0.25, 0.3) is 0 Å². The lowest BCUT2D eigenvalue weighted by Crippen LogP contribution is -1.87.